The Morgan fingerprint density at radius 2 is 1.85 bits per heavy atom. The minimum atomic E-state index is -0.0670. The summed E-state index contributed by atoms with van der Waals surface area (Å²) in [6.45, 7) is 9.03. The summed E-state index contributed by atoms with van der Waals surface area (Å²) in [5.41, 5.74) is 5.85. The van der Waals surface area contributed by atoms with Crippen molar-refractivity contribution in [2.75, 3.05) is 5.32 Å². The normalized spacial score (nSPS) is 11.0. The monoisotopic (exact) mass is 385 g/mol. The number of nitrogens with zero attached hydrogens (tertiary/aromatic N) is 4. The van der Waals surface area contributed by atoms with Crippen LogP contribution in [0.5, 0.6) is 0 Å². The molecule has 0 bridgehead atoms. The van der Waals surface area contributed by atoms with E-state index in [2.05, 4.69) is 34.6 Å². The van der Waals surface area contributed by atoms with Crippen LogP contribution in [0.1, 0.15) is 34.6 Å². The minimum absolute atomic E-state index is 0.0670. The van der Waals surface area contributed by atoms with E-state index >= 15 is 0 Å². The number of nitrogens with one attached hydrogen (secondary N) is 1. The summed E-state index contributed by atoms with van der Waals surface area (Å²) in [5, 5.41) is 12.4. The maximum Gasteiger partial charge on any atom is 0.226 e. The van der Waals surface area contributed by atoms with E-state index in [1.165, 1.54) is 11.1 Å². The molecule has 1 N–H and O–H groups in total. The molecule has 0 atom stereocenters. The number of carbonyl (C=O) groups excluding carboxylic acids is 1. The molecule has 0 aliphatic heterocycles. The second-order valence-electron chi connectivity index (χ2n) is 6.73. The van der Waals surface area contributed by atoms with Crippen LogP contribution in [0.4, 0.5) is 5.69 Å². The van der Waals surface area contributed by atoms with Gasteiger partial charge in [0.2, 0.25) is 5.91 Å². The summed E-state index contributed by atoms with van der Waals surface area (Å²) >= 11 is 6.00. The van der Waals surface area contributed by atoms with Crippen molar-refractivity contribution in [3.05, 3.63) is 63.7 Å². The first kappa shape index (κ1) is 19.2. The highest BCUT2D eigenvalue weighted by molar-refractivity contribution is 6.31. The second-order valence-corrected chi connectivity index (χ2v) is 7.14. The molecule has 27 heavy (non-hydrogen) atoms. The van der Waals surface area contributed by atoms with E-state index < -0.39 is 0 Å². The molecule has 0 saturated carbocycles. The van der Waals surface area contributed by atoms with Gasteiger partial charge in [-0.15, -0.1) is 0 Å². The zero-order valence-electron chi connectivity index (χ0n) is 16.1. The Morgan fingerprint density at radius 1 is 1.11 bits per heavy atom. The predicted octanol–water partition coefficient (Wildman–Crippen LogP) is 4.04. The molecule has 0 saturated heterocycles. The van der Waals surface area contributed by atoms with E-state index in [4.69, 9.17) is 11.6 Å². The van der Waals surface area contributed by atoms with Gasteiger partial charge in [0.05, 0.1) is 47.1 Å². The van der Waals surface area contributed by atoms with Crippen molar-refractivity contribution in [1.82, 2.24) is 19.6 Å². The van der Waals surface area contributed by atoms with Crippen LogP contribution in [-0.4, -0.2) is 25.5 Å². The van der Waals surface area contributed by atoms with Crippen molar-refractivity contribution in [2.45, 2.75) is 47.2 Å². The SMILES string of the molecule is Cc1ccccc1Cn1nc(C)c(NC(=O)CCn2ncc(Cl)c2C)c1C. The topological polar surface area (TPSA) is 64.7 Å². The summed E-state index contributed by atoms with van der Waals surface area (Å²) in [6, 6.07) is 8.25. The van der Waals surface area contributed by atoms with Gasteiger partial charge in [-0.1, -0.05) is 35.9 Å². The number of carbonyl (C=O) groups is 1. The molecule has 0 radical (unpaired) electrons. The standard InChI is InChI=1S/C20H24ClN5O/c1-13-7-5-6-8-17(13)12-26-16(4)20(14(2)24-26)23-19(27)9-10-25-15(3)18(21)11-22-25/h5-8,11H,9-10,12H2,1-4H3,(H,23,27). The smallest absolute Gasteiger partial charge is 0.226 e. The third-order valence-corrected chi connectivity index (χ3v) is 5.19. The van der Waals surface area contributed by atoms with Gasteiger partial charge in [-0.05, 0) is 38.8 Å². The van der Waals surface area contributed by atoms with E-state index in [0.29, 0.717) is 24.5 Å². The van der Waals surface area contributed by atoms with Gasteiger partial charge in [0, 0.05) is 6.42 Å². The van der Waals surface area contributed by atoms with Gasteiger partial charge >= 0.3 is 0 Å². The number of benzene rings is 1. The van der Waals surface area contributed by atoms with Crippen LogP contribution in [0.15, 0.2) is 30.5 Å². The molecule has 142 valence electrons. The molecule has 0 aliphatic carbocycles. The lowest BCUT2D eigenvalue weighted by Crippen LogP contribution is -2.16. The Hall–Kier alpha value is -2.60. The van der Waals surface area contributed by atoms with Crippen LogP contribution < -0.4 is 5.32 Å². The van der Waals surface area contributed by atoms with Crippen LogP contribution in [0.3, 0.4) is 0 Å². The first-order valence-corrected chi connectivity index (χ1v) is 9.31. The molecule has 0 unspecified atom stereocenters. The van der Waals surface area contributed by atoms with E-state index in [-0.39, 0.29) is 5.91 Å². The molecular formula is C20H24ClN5O. The lowest BCUT2D eigenvalue weighted by Gasteiger charge is -2.09. The lowest BCUT2D eigenvalue weighted by atomic mass is 10.1. The van der Waals surface area contributed by atoms with Crippen molar-refractivity contribution in [3.63, 3.8) is 0 Å². The summed E-state index contributed by atoms with van der Waals surface area (Å²) < 4.78 is 3.67. The van der Waals surface area contributed by atoms with Gasteiger partial charge in [-0.3, -0.25) is 14.2 Å². The van der Waals surface area contributed by atoms with Crippen molar-refractivity contribution in [1.29, 1.82) is 0 Å². The average molecular weight is 386 g/mol. The summed E-state index contributed by atoms with van der Waals surface area (Å²) in [7, 11) is 0. The number of halogens is 1. The third kappa shape index (κ3) is 4.22. The van der Waals surface area contributed by atoms with Crippen LogP contribution in [0.2, 0.25) is 5.02 Å². The molecule has 1 amide bonds. The molecule has 3 rings (SSSR count). The number of hydrogen-bond donors (Lipinski definition) is 1. The van der Waals surface area contributed by atoms with Crippen molar-refractivity contribution in [3.8, 4) is 0 Å². The Bertz CT molecular complexity index is 973. The van der Waals surface area contributed by atoms with Gasteiger partial charge < -0.3 is 5.32 Å². The molecule has 6 nitrogen and oxygen atoms in total. The molecule has 0 aliphatic rings. The zero-order valence-corrected chi connectivity index (χ0v) is 16.8. The van der Waals surface area contributed by atoms with Crippen molar-refractivity contribution >= 4 is 23.2 Å². The number of aryl methyl sites for hydroxylation is 3. The van der Waals surface area contributed by atoms with Gasteiger partial charge in [0.1, 0.15) is 0 Å². The molecule has 3 aromatic rings. The van der Waals surface area contributed by atoms with Gasteiger partial charge in [-0.25, -0.2) is 0 Å². The predicted molar refractivity (Wildman–Crippen MR) is 107 cm³/mol. The van der Waals surface area contributed by atoms with Crippen molar-refractivity contribution in [2.24, 2.45) is 0 Å². The van der Waals surface area contributed by atoms with Crippen molar-refractivity contribution < 1.29 is 4.79 Å². The Labute approximate surface area is 164 Å². The molecular weight excluding hydrogens is 362 g/mol. The molecule has 2 aromatic heterocycles. The number of hydrogen-bond acceptors (Lipinski definition) is 3. The van der Waals surface area contributed by atoms with Crippen LogP contribution in [0.25, 0.3) is 0 Å². The van der Waals surface area contributed by atoms with E-state index in [1.54, 1.807) is 10.9 Å². The summed E-state index contributed by atoms with van der Waals surface area (Å²) in [6.07, 6.45) is 1.92. The first-order chi connectivity index (χ1) is 12.9. The number of anilines is 1. The Kier molecular flexibility index (Phi) is 5.65. The van der Waals surface area contributed by atoms with Gasteiger partial charge in [0.25, 0.3) is 0 Å². The third-order valence-electron chi connectivity index (χ3n) is 4.82. The van der Waals surface area contributed by atoms with Crippen LogP contribution in [0, 0.1) is 27.7 Å². The highest BCUT2D eigenvalue weighted by Crippen LogP contribution is 2.21. The quantitative estimate of drug-likeness (QED) is 0.696. The fourth-order valence-corrected chi connectivity index (χ4v) is 3.18. The zero-order chi connectivity index (χ0) is 19.6. The van der Waals surface area contributed by atoms with E-state index in [1.807, 2.05) is 37.6 Å². The van der Waals surface area contributed by atoms with E-state index in [0.717, 1.165) is 22.8 Å². The van der Waals surface area contributed by atoms with E-state index in [9.17, 15) is 4.79 Å². The number of rotatable bonds is 6. The maximum atomic E-state index is 12.4. The second kappa shape index (κ2) is 7.96. The molecule has 0 spiro atoms. The number of amides is 1. The fraction of sp³-hybridized carbons (Fsp3) is 0.350. The Balaban J connectivity index is 1.68. The molecule has 0 fully saturated rings. The van der Waals surface area contributed by atoms with Gasteiger partial charge in [-0.2, -0.15) is 10.2 Å². The highest BCUT2D eigenvalue weighted by Gasteiger charge is 2.15. The largest absolute Gasteiger partial charge is 0.323 e. The van der Waals surface area contributed by atoms with Crippen LogP contribution in [-0.2, 0) is 17.9 Å². The van der Waals surface area contributed by atoms with Gasteiger partial charge in [0.15, 0.2) is 0 Å². The average Bonchev–Trinajstić information content (AvgIpc) is 3.09. The molecule has 7 heteroatoms. The first-order valence-electron chi connectivity index (χ1n) is 8.93. The maximum absolute atomic E-state index is 12.4. The lowest BCUT2D eigenvalue weighted by molar-refractivity contribution is -0.116. The highest BCUT2D eigenvalue weighted by atomic mass is 35.5. The number of aromatic nitrogens is 4. The summed E-state index contributed by atoms with van der Waals surface area (Å²) in [4.78, 5) is 12.4. The fourth-order valence-electron chi connectivity index (χ4n) is 3.04. The molecule has 1 aromatic carbocycles. The minimum Gasteiger partial charge on any atom is -0.323 e. The molecule has 2 heterocycles. The summed E-state index contributed by atoms with van der Waals surface area (Å²) in [5.74, 6) is -0.0670. The van der Waals surface area contributed by atoms with Crippen LogP contribution >= 0.6 is 11.6 Å². The Morgan fingerprint density at radius 3 is 2.52 bits per heavy atom.